The molecule has 0 saturated carbocycles. The van der Waals surface area contributed by atoms with E-state index in [1.807, 2.05) is 47.1 Å². The maximum absolute atomic E-state index is 6.49. The lowest BCUT2D eigenvalue weighted by Gasteiger charge is -2.17. The molecule has 0 radical (unpaired) electrons. The van der Waals surface area contributed by atoms with Gasteiger partial charge in [0.2, 0.25) is 0 Å². The van der Waals surface area contributed by atoms with Gasteiger partial charge in [-0.25, -0.2) is 4.68 Å². The molecule has 3 aromatic rings. The molecule has 0 bridgehead atoms. The van der Waals surface area contributed by atoms with E-state index in [1.54, 1.807) is 6.20 Å². The summed E-state index contributed by atoms with van der Waals surface area (Å²) in [5.74, 6) is 0. The number of rotatable bonds is 3. The van der Waals surface area contributed by atoms with Crippen molar-refractivity contribution < 1.29 is 0 Å². The van der Waals surface area contributed by atoms with Crippen LogP contribution in [0.15, 0.2) is 65.3 Å². The predicted octanol–water partition coefficient (Wildman–Crippen LogP) is 3.99. The fourth-order valence-corrected chi connectivity index (χ4v) is 2.82. The summed E-state index contributed by atoms with van der Waals surface area (Å²) < 4.78 is 2.93. The van der Waals surface area contributed by atoms with Crippen molar-refractivity contribution in [3.8, 4) is 5.69 Å². The van der Waals surface area contributed by atoms with Crippen LogP contribution in [0.1, 0.15) is 22.9 Å². The van der Waals surface area contributed by atoms with Crippen LogP contribution in [0.2, 0.25) is 0 Å². The zero-order valence-corrected chi connectivity index (χ0v) is 13.3. The van der Waals surface area contributed by atoms with Gasteiger partial charge in [-0.1, -0.05) is 40.2 Å². The molecular weight excluding hydrogens is 326 g/mol. The smallest absolute Gasteiger partial charge is 0.0730 e. The van der Waals surface area contributed by atoms with Gasteiger partial charge in [0, 0.05) is 10.7 Å². The topological polar surface area (TPSA) is 43.8 Å². The van der Waals surface area contributed by atoms with Gasteiger partial charge in [0.25, 0.3) is 0 Å². The lowest BCUT2D eigenvalue weighted by Crippen LogP contribution is -2.17. The van der Waals surface area contributed by atoms with Gasteiger partial charge in [-0.05, 0) is 48.4 Å². The Morgan fingerprint density at radius 1 is 1.10 bits per heavy atom. The van der Waals surface area contributed by atoms with E-state index in [2.05, 4.69) is 40.1 Å². The van der Waals surface area contributed by atoms with Crippen molar-refractivity contribution in [2.45, 2.75) is 13.0 Å². The monoisotopic (exact) mass is 341 g/mol. The molecular formula is C17H16BrN3. The molecule has 0 aliphatic heterocycles. The third-order valence-electron chi connectivity index (χ3n) is 3.57. The fourth-order valence-electron chi connectivity index (χ4n) is 2.44. The summed E-state index contributed by atoms with van der Waals surface area (Å²) in [5, 5.41) is 4.41. The maximum Gasteiger partial charge on any atom is 0.0730 e. The first-order valence-corrected chi connectivity index (χ1v) is 7.57. The second-order valence-electron chi connectivity index (χ2n) is 4.98. The number of para-hydroxylation sites is 1. The SMILES string of the molecule is Cc1ccc(Br)cc1C(N)c1ccnn1-c1ccccc1. The molecule has 4 heteroatoms. The molecule has 1 heterocycles. The second kappa shape index (κ2) is 5.84. The number of nitrogens with two attached hydrogens (primary N) is 1. The number of aromatic nitrogens is 2. The summed E-state index contributed by atoms with van der Waals surface area (Å²) in [5.41, 5.74) is 10.7. The number of hydrogen-bond acceptors (Lipinski definition) is 2. The molecule has 2 aromatic carbocycles. The molecule has 106 valence electrons. The van der Waals surface area contributed by atoms with Crippen LogP contribution in [0.25, 0.3) is 5.69 Å². The molecule has 0 fully saturated rings. The minimum absolute atomic E-state index is 0.217. The fraction of sp³-hybridized carbons (Fsp3) is 0.118. The number of halogens is 1. The van der Waals surface area contributed by atoms with Crippen LogP contribution in [-0.2, 0) is 0 Å². The lowest BCUT2D eigenvalue weighted by atomic mass is 9.99. The molecule has 3 rings (SSSR count). The Hall–Kier alpha value is -1.91. The van der Waals surface area contributed by atoms with E-state index >= 15 is 0 Å². The summed E-state index contributed by atoms with van der Waals surface area (Å²) in [6.45, 7) is 2.07. The Morgan fingerprint density at radius 3 is 2.62 bits per heavy atom. The van der Waals surface area contributed by atoms with Crippen molar-refractivity contribution in [1.29, 1.82) is 0 Å². The molecule has 0 saturated heterocycles. The zero-order chi connectivity index (χ0) is 14.8. The van der Waals surface area contributed by atoms with Crippen molar-refractivity contribution in [3.05, 3.63) is 82.1 Å². The van der Waals surface area contributed by atoms with Gasteiger partial charge < -0.3 is 5.73 Å². The molecule has 0 amide bonds. The average Bonchev–Trinajstić information content (AvgIpc) is 2.99. The Kier molecular flexibility index (Phi) is 3.90. The summed E-state index contributed by atoms with van der Waals surface area (Å²) in [7, 11) is 0. The van der Waals surface area contributed by atoms with Gasteiger partial charge in [-0.3, -0.25) is 0 Å². The highest BCUT2D eigenvalue weighted by Crippen LogP contribution is 2.26. The Balaban J connectivity index is 2.06. The molecule has 1 unspecified atom stereocenters. The Labute approximate surface area is 132 Å². The highest BCUT2D eigenvalue weighted by atomic mass is 79.9. The van der Waals surface area contributed by atoms with Gasteiger partial charge in [0.15, 0.2) is 0 Å². The normalized spacial score (nSPS) is 12.3. The molecule has 21 heavy (non-hydrogen) atoms. The van der Waals surface area contributed by atoms with E-state index in [0.717, 1.165) is 21.4 Å². The van der Waals surface area contributed by atoms with Gasteiger partial charge in [0.1, 0.15) is 0 Å². The Morgan fingerprint density at radius 2 is 1.86 bits per heavy atom. The van der Waals surface area contributed by atoms with Crippen molar-refractivity contribution in [2.24, 2.45) is 5.73 Å². The van der Waals surface area contributed by atoms with Crippen LogP contribution in [0, 0.1) is 6.92 Å². The predicted molar refractivity (Wildman–Crippen MR) is 88.5 cm³/mol. The van der Waals surface area contributed by atoms with E-state index in [0.29, 0.717) is 0 Å². The third-order valence-corrected chi connectivity index (χ3v) is 4.06. The van der Waals surface area contributed by atoms with Crippen LogP contribution >= 0.6 is 15.9 Å². The first kappa shape index (κ1) is 14.0. The highest BCUT2D eigenvalue weighted by Gasteiger charge is 2.17. The van der Waals surface area contributed by atoms with Crippen molar-refractivity contribution in [3.63, 3.8) is 0 Å². The summed E-state index contributed by atoms with van der Waals surface area (Å²) in [6.07, 6.45) is 1.79. The quantitative estimate of drug-likeness (QED) is 0.782. The van der Waals surface area contributed by atoms with Gasteiger partial charge in [0.05, 0.1) is 17.4 Å². The molecule has 1 aromatic heterocycles. The average molecular weight is 342 g/mol. The Bertz CT molecular complexity index is 750. The number of aryl methyl sites for hydroxylation is 1. The summed E-state index contributed by atoms with van der Waals surface area (Å²) >= 11 is 3.51. The highest BCUT2D eigenvalue weighted by molar-refractivity contribution is 9.10. The van der Waals surface area contributed by atoms with Gasteiger partial charge in [-0.15, -0.1) is 0 Å². The van der Waals surface area contributed by atoms with Crippen LogP contribution in [0.3, 0.4) is 0 Å². The molecule has 1 atom stereocenters. The minimum atomic E-state index is -0.217. The number of benzene rings is 2. The number of nitrogens with zero attached hydrogens (tertiary/aromatic N) is 2. The molecule has 3 nitrogen and oxygen atoms in total. The van der Waals surface area contributed by atoms with E-state index < -0.39 is 0 Å². The van der Waals surface area contributed by atoms with Crippen molar-refractivity contribution >= 4 is 15.9 Å². The van der Waals surface area contributed by atoms with E-state index in [1.165, 1.54) is 5.56 Å². The van der Waals surface area contributed by atoms with Gasteiger partial charge >= 0.3 is 0 Å². The van der Waals surface area contributed by atoms with Crippen LogP contribution in [0.4, 0.5) is 0 Å². The zero-order valence-electron chi connectivity index (χ0n) is 11.7. The standard InChI is InChI=1S/C17H16BrN3/c1-12-7-8-13(18)11-15(12)17(19)16-9-10-20-21(16)14-5-3-2-4-6-14/h2-11,17H,19H2,1H3. The molecule has 0 aliphatic rings. The molecule has 2 N–H and O–H groups in total. The van der Waals surface area contributed by atoms with Crippen molar-refractivity contribution in [1.82, 2.24) is 9.78 Å². The molecule has 0 spiro atoms. The second-order valence-corrected chi connectivity index (χ2v) is 5.90. The van der Waals surface area contributed by atoms with Crippen LogP contribution < -0.4 is 5.73 Å². The maximum atomic E-state index is 6.49. The van der Waals surface area contributed by atoms with Crippen LogP contribution in [-0.4, -0.2) is 9.78 Å². The van der Waals surface area contributed by atoms with Crippen molar-refractivity contribution in [2.75, 3.05) is 0 Å². The largest absolute Gasteiger partial charge is 0.319 e. The van der Waals surface area contributed by atoms with E-state index in [9.17, 15) is 0 Å². The summed E-state index contributed by atoms with van der Waals surface area (Å²) in [6, 6.07) is 18.0. The van der Waals surface area contributed by atoms with Gasteiger partial charge in [-0.2, -0.15) is 5.10 Å². The molecule has 0 aliphatic carbocycles. The first-order valence-electron chi connectivity index (χ1n) is 6.78. The first-order chi connectivity index (χ1) is 10.2. The minimum Gasteiger partial charge on any atom is -0.319 e. The van der Waals surface area contributed by atoms with E-state index in [-0.39, 0.29) is 6.04 Å². The number of hydrogen-bond donors (Lipinski definition) is 1. The lowest BCUT2D eigenvalue weighted by molar-refractivity contribution is 0.736. The third kappa shape index (κ3) is 2.77. The van der Waals surface area contributed by atoms with E-state index in [4.69, 9.17) is 5.73 Å². The summed E-state index contributed by atoms with van der Waals surface area (Å²) in [4.78, 5) is 0. The van der Waals surface area contributed by atoms with Crippen LogP contribution in [0.5, 0.6) is 0 Å².